The highest BCUT2D eigenvalue weighted by Gasteiger charge is 2.17. The first-order valence-corrected chi connectivity index (χ1v) is 7.77. The summed E-state index contributed by atoms with van der Waals surface area (Å²) < 4.78 is 15.5. The number of hydrogen-bond acceptors (Lipinski definition) is 2. The Hall–Kier alpha value is -1.10. The third-order valence-electron chi connectivity index (χ3n) is 3.07. The second-order valence-electron chi connectivity index (χ2n) is 4.51. The fourth-order valence-corrected chi connectivity index (χ4v) is 3.18. The number of halogens is 3. The van der Waals surface area contributed by atoms with E-state index in [0.717, 1.165) is 11.3 Å². The fraction of sp³-hybridized carbons (Fsp3) is 0.214. The van der Waals surface area contributed by atoms with Crippen molar-refractivity contribution in [1.82, 2.24) is 9.55 Å². The Morgan fingerprint density at radius 3 is 2.90 bits per heavy atom. The summed E-state index contributed by atoms with van der Waals surface area (Å²) in [7, 11) is 0. The molecule has 104 valence electrons. The molecule has 0 fully saturated rings. The van der Waals surface area contributed by atoms with Gasteiger partial charge in [-0.05, 0) is 24.4 Å². The maximum atomic E-state index is 13.6. The minimum Gasteiger partial charge on any atom is -0.321 e. The molecular weight excluding hydrogens is 318 g/mol. The van der Waals surface area contributed by atoms with Crippen LogP contribution < -0.4 is 0 Å². The lowest BCUT2D eigenvalue weighted by atomic mass is 10.3. The first-order valence-electron chi connectivity index (χ1n) is 6.08. The third kappa shape index (κ3) is 2.43. The smallest absolute Gasteiger partial charge is 0.144 e. The van der Waals surface area contributed by atoms with Crippen molar-refractivity contribution in [2.24, 2.45) is 0 Å². The highest BCUT2D eigenvalue weighted by atomic mass is 35.5. The van der Waals surface area contributed by atoms with Crippen LogP contribution in [0.2, 0.25) is 5.02 Å². The van der Waals surface area contributed by atoms with Crippen molar-refractivity contribution in [3.8, 4) is 0 Å². The van der Waals surface area contributed by atoms with Gasteiger partial charge >= 0.3 is 0 Å². The number of imidazole rings is 1. The van der Waals surface area contributed by atoms with Crippen molar-refractivity contribution in [3.63, 3.8) is 0 Å². The van der Waals surface area contributed by atoms with Gasteiger partial charge in [-0.3, -0.25) is 0 Å². The Balaban J connectivity index is 2.20. The van der Waals surface area contributed by atoms with Gasteiger partial charge < -0.3 is 4.57 Å². The molecular formula is C14H11Cl2FN2S. The van der Waals surface area contributed by atoms with Gasteiger partial charge in [0.15, 0.2) is 0 Å². The molecule has 0 bridgehead atoms. The Morgan fingerprint density at radius 1 is 1.45 bits per heavy atom. The molecule has 0 saturated heterocycles. The highest BCUT2D eigenvalue weighted by molar-refractivity contribution is 7.09. The van der Waals surface area contributed by atoms with Crippen LogP contribution in [0, 0.1) is 5.82 Å². The first-order chi connectivity index (χ1) is 9.56. The van der Waals surface area contributed by atoms with Crippen LogP contribution in [0.25, 0.3) is 11.0 Å². The quantitative estimate of drug-likeness (QED) is 0.601. The third-order valence-corrected chi connectivity index (χ3v) is 4.42. The minimum absolute atomic E-state index is 0.0959. The topological polar surface area (TPSA) is 17.8 Å². The van der Waals surface area contributed by atoms with Crippen molar-refractivity contribution in [2.45, 2.75) is 18.8 Å². The Kier molecular flexibility index (Phi) is 3.71. The summed E-state index contributed by atoms with van der Waals surface area (Å²) in [6.45, 7) is 2.51. The van der Waals surface area contributed by atoms with Crippen molar-refractivity contribution >= 4 is 45.6 Å². The van der Waals surface area contributed by atoms with Crippen molar-refractivity contribution in [3.05, 3.63) is 51.2 Å². The van der Waals surface area contributed by atoms with Gasteiger partial charge in [0.1, 0.15) is 11.6 Å². The summed E-state index contributed by atoms with van der Waals surface area (Å²) >= 11 is 13.7. The second-order valence-corrected chi connectivity index (χ2v) is 6.60. The fourth-order valence-electron chi connectivity index (χ4n) is 2.17. The molecule has 0 amide bonds. The van der Waals surface area contributed by atoms with Gasteiger partial charge in [0, 0.05) is 10.9 Å². The molecule has 2 aromatic heterocycles. The van der Waals surface area contributed by atoms with E-state index < -0.39 is 5.82 Å². The van der Waals surface area contributed by atoms with Gasteiger partial charge in [-0.2, -0.15) is 0 Å². The summed E-state index contributed by atoms with van der Waals surface area (Å²) in [6.07, 6.45) is 0. The zero-order chi connectivity index (χ0) is 14.3. The van der Waals surface area contributed by atoms with E-state index in [1.807, 2.05) is 29.0 Å². The van der Waals surface area contributed by atoms with Gasteiger partial charge in [-0.1, -0.05) is 17.7 Å². The van der Waals surface area contributed by atoms with E-state index in [2.05, 4.69) is 4.98 Å². The van der Waals surface area contributed by atoms with Gasteiger partial charge in [-0.25, -0.2) is 9.37 Å². The first kappa shape index (κ1) is 13.9. The van der Waals surface area contributed by atoms with Crippen LogP contribution in [0.5, 0.6) is 0 Å². The van der Waals surface area contributed by atoms with E-state index in [1.54, 1.807) is 17.4 Å². The molecule has 0 aliphatic heterocycles. The van der Waals surface area contributed by atoms with Crippen LogP contribution in [0.1, 0.15) is 23.0 Å². The number of alkyl halides is 1. The summed E-state index contributed by atoms with van der Waals surface area (Å²) in [5, 5.41) is 1.85. The van der Waals surface area contributed by atoms with E-state index >= 15 is 0 Å². The lowest BCUT2D eigenvalue weighted by Crippen LogP contribution is -2.04. The monoisotopic (exact) mass is 328 g/mol. The van der Waals surface area contributed by atoms with Crippen molar-refractivity contribution in [1.29, 1.82) is 0 Å². The average molecular weight is 329 g/mol. The largest absolute Gasteiger partial charge is 0.321 e. The number of hydrogen-bond donors (Lipinski definition) is 0. The van der Waals surface area contributed by atoms with Gasteiger partial charge in [0.2, 0.25) is 0 Å². The Labute approximate surface area is 129 Å². The predicted molar refractivity (Wildman–Crippen MR) is 82.4 cm³/mol. The molecule has 6 heteroatoms. The summed E-state index contributed by atoms with van der Waals surface area (Å²) in [4.78, 5) is 5.62. The van der Waals surface area contributed by atoms with E-state index in [1.165, 1.54) is 10.9 Å². The van der Waals surface area contributed by atoms with E-state index in [-0.39, 0.29) is 10.4 Å². The van der Waals surface area contributed by atoms with E-state index in [9.17, 15) is 4.39 Å². The lowest BCUT2D eigenvalue weighted by molar-refractivity contribution is 0.629. The second kappa shape index (κ2) is 5.35. The van der Waals surface area contributed by atoms with Crippen LogP contribution in [-0.2, 0) is 6.54 Å². The van der Waals surface area contributed by atoms with Gasteiger partial charge in [-0.15, -0.1) is 22.9 Å². The molecule has 0 saturated carbocycles. The van der Waals surface area contributed by atoms with Crippen LogP contribution >= 0.6 is 34.5 Å². The molecule has 0 aliphatic carbocycles. The molecule has 0 radical (unpaired) electrons. The Morgan fingerprint density at radius 2 is 2.25 bits per heavy atom. The summed E-state index contributed by atoms with van der Waals surface area (Å²) in [5.41, 5.74) is 1.37. The molecule has 1 unspecified atom stereocenters. The number of benzene rings is 1. The normalized spacial score (nSPS) is 13.0. The number of nitrogens with zero attached hydrogens (tertiary/aromatic N) is 2. The number of rotatable bonds is 3. The predicted octanol–water partition coefficient (Wildman–Crippen LogP) is 5.24. The maximum Gasteiger partial charge on any atom is 0.144 e. The number of fused-ring (bicyclic) bond motifs is 1. The molecule has 0 spiro atoms. The van der Waals surface area contributed by atoms with Gasteiger partial charge in [0.25, 0.3) is 0 Å². The lowest BCUT2D eigenvalue weighted by Gasteiger charge is -2.09. The minimum atomic E-state index is -0.464. The van der Waals surface area contributed by atoms with Gasteiger partial charge in [0.05, 0.1) is 28.0 Å². The standard InChI is InChI=1S/C14H11Cl2FN2S/c1-8(15)14-18-12-6-11(17)10(16)5-13(12)19(14)7-9-3-2-4-20-9/h2-6,8H,7H2,1H3. The number of thiophene rings is 1. The SMILES string of the molecule is CC(Cl)c1nc2cc(F)c(Cl)cc2n1Cc1cccs1. The molecule has 1 aromatic carbocycles. The van der Waals surface area contributed by atoms with Crippen LogP contribution in [0.3, 0.4) is 0 Å². The van der Waals surface area contributed by atoms with Crippen molar-refractivity contribution < 1.29 is 4.39 Å². The zero-order valence-electron chi connectivity index (χ0n) is 10.6. The zero-order valence-corrected chi connectivity index (χ0v) is 12.9. The van der Waals surface area contributed by atoms with Crippen LogP contribution in [0.4, 0.5) is 4.39 Å². The molecule has 3 aromatic rings. The molecule has 20 heavy (non-hydrogen) atoms. The van der Waals surface area contributed by atoms with E-state index in [0.29, 0.717) is 12.1 Å². The van der Waals surface area contributed by atoms with E-state index in [4.69, 9.17) is 23.2 Å². The number of aromatic nitrogens is 2. The summed E-state index contributed by atoms with van der Waals surface area (Å²) in [6, 6.07) is 7.00. The molecule has 3 rings (SSSR count). The van der Waals surface area contributed by atoms with Crippen LogP contribution in [-0.4, -0.2) is 9.55 Å². The Bertz CT molecular complexity index is 750. The molecule has 0 aliphatic rings. The maximum absolute atomic E-state index is 13.6. The molecule has 0 N–H and O–H groups in total. The molecule has 1 atom stereocenters. The summed E-state index contributed by atoms with van der Waals surface area (Å²) in [5.74, 6) is 0.255. The van der Waals surface area contributed by atoms with Crippen LogP contribution in [0.15, 0.2) is 29.6 Å². The van der Waals surface area contributed by atoms with Crippen molar-refractivity contribution in [2.75, 3.05) is 0 Å². The molecule has 2 nitrogen and oxygen atoms in total. The average Bonchev–Trinajstić information content (AvgIpc) is 3.00. The highest BCUT2D eigenvalue weighted by Crippen LogP contribution is 2.29. The molecule has 2 heterocycles.